The first-order chi connectivity index (χ1) is 21.3. The Kier molecular flexibility index (Phi) is 6.45. The number of aromatic hydroxyl groups is 1. The van der Waals surface area contributed by atoms with E-state index in [4.69, 9.17) is 16.3 Å². The van der Waals surface area contributed by atoms with E-state index in [1.165, 1.54) is 10.7 Å². The summed E-state index contributed by atoms with van der Waals surface area (Å²) in [5.74, 6) is 0.0264. The Morgan fingerprint density at radius 2 is 2.05 bits per heavy atom. The van der Waals surface area contributed by atoms with Crippen LogP contribution in [0.5, 0.6) is 11.6 Å². The van der Waals surface area contributed by atoms with Crippen LogP contribution in [0.15, 0.2) is 41.3 Å². The van der Waals surface area contributed by atoms with E-state index in [9.17, 15) is 19.6 Å². The van der Waals surface area contributed by atoms with E-state index >= 15 is 0 Å². The van der Waals surface area contributed by atoms with Crippen LogP contribution in [0.1, 0.15) is 37.7 Å². The summed E-state index contributed by atoms with van der Waals surface area (Å²) < 4.78 is 22.1. The smallest absolute Gasteiger partial charge is 0.298 e. The molecule has 2 N–H and O–H groups in total. The van der Waals surface area contributed by atoms with Gasteiger partial charge in [-0.25, -0.2) is 9.37 Å². The monoisotopic (exact) mass is 615 g/mol. The Hall–Kier alpha value is -3.98. The molecule has 0 amide bonds. The van der Waals surface area contributed by atoms with Crippen molar-refractivity contribution in [2.75, 3.05) is 37.7 Å². The van der Waals surface area contributed by atoms with E-state index in [1.54, 1.807) is 30.5 Å². The van der Waals surface area contributed by atoms with Gasteiger partial charge in [-0.15, -0.1) is 0 Å². The van der Waals surface area contributed by atoms with Crippen LogP contribution in [0, 0.1) is 11.3 Å². The van der Waals surface area contributed by atoms with Crippen LogP contribution in [0.4, 0.5) is 10.1 Å². The van der Waals surface area contributed by atoms with Crippen molar-refractivity contribution in [2.45, 2.75) is 55.9 Å². The van der Waals surface area contributed by atoms with E-state index in [-0.39, 0.29) is 41.4 Å². The molecule has 4 saturated heterocycles. The molecule has 4 aromatic rings. The summed E-state index contributed by atoms with van der Waals surface area (Å²) in [4.78, 5) is 23.3. The zero-order chi connectivity index (χ0) is 30.2. The maximum atomic E-state index is 14.5. The highest BCUT2D eigenvalue weighted by molar-refractivity contribution is 6.36. The van der Waals surface area contributed by atoms with Gasteiger partial charge in [-0.2, -0.15) is 15.0 Å². The van der Waals surface area contributed by atoms with Crippen LogP contribution in [-0.4, -0.2) is 81.4 Å². The second-order valence-electron chi connectivity index (χ2n) is 12.6. The fourth-order valence-electron chi connectivity index (χ4n) is 7.97. The van der Waals surface area contributed by atoms with Gasteiger partial charge < -0.3 is 20.1 Å². The molecule has 2 unspecified atom stereocenters. The van der Waals surface area contributed by atoms with Gasteiger partial charge in [0.1, 0.15) is 35.7 Å². The standard InChI is InChI=1S/C32H31ClFN7O3/c33-25-4-1-3-18-9-22(42)10-26(27(18)25)41-31(43)28-24(13-36-41)29(39-15-20-5-6-21(16-39)37-20)23(12-35)30(38-28)44-17-32-7-2-8-40(32)14-19(34)11-32/h1,3-4,9-10,13,19-21,37,42H,2,5-8,11,14-17H2/t19-,20?,21?,32+/m1/s1. The fourth-order valence-corrected chi connectivity index (χ4v) is 8.25. The Morgan fingerprint density at radius 3 is 2.84 bits per heavy atom. The van der Waals surface area contributed by atoms with Gasteiger partial charge in [0, 0.05) is 49.6 Å². The Bertz CT molecular complexity index is 1920. The molecule has 4 fully saturated rings. The number of anilines is 1. The van der Waals surface area contributed by atoms with Crippen molar-refractivity contribution in [3.05, 3.63) is 57.5 Å². The number of hydrogen-bond donors (Lipinski definition) is 2. The van der Waals surface area contributed by atoms with Gasteiger partial charge in [0.15, 0.2) is 0 Å². The van der Waals surface area contributed by atoms with E-state index in [0.717, 1.165) is 32.2 Å². The second-order valence-corrected chi connectivity index (χ2v) is 13.0. The first-order valence-electron chi connectivity index (χ1n) is 15.1. The summed E-state index contributed by atoms with van der Waals surface area (Å²) in [6, 6.07) is 11.2. The van der Waals surface area contributed by atoms with E-state index in [0.29, 0.717) is 58.6 Å². The average Bonchev–Trinajstić information content (AvgIpc) is 3.65. The number of nitrogens with one attached hydrogen (secondary N) is 1. The third-order valence-electron chi connectivity index (χ3n) is 9.87. The number of benzene rings is 2. The molecule has 0 spiro atoms. The number of phenolic OH excluding ortho intramolecular Hbond substituents is 1. The molecule has 4 aliphatic rings. The number of phenols is 1. The maximum absolute atomic E-state index is 14.5. The molecular weight excluding hydrogens is 585 g/mol. The van der Waals surface area contributed by atoms with Gasteiger partial charge in [0.05, 0.1) is 33.5 Å². The molecule has 2 bridgehead atoms. The molecule has 10 nitrogen and oxygen atoms in total. The predicted octanol–water partition coefficient (Wildman–Crippen LogP) is 4.06. The van der Waals surface area contributed by atoms with Crippen molar-refractivity contribution in [1.82, 2.24) is 25.0 Å². The molecule has 0 aliphatic carbocycles. The molecule has 4 atom stereocenters. The SMILES string of the molecule is N#Cc1c(OC[C@@]23CCCN2C[C@H](F)C3)nc2c(=O)n(-c3cc(O)cc4cccc(Cl)c34)ncc2c1N1CC2CCC(C1)N2. The van der Waals surface area contributed by atoms with Crippen molar-refractivity contribution in [3.8, 4) is 23.4 Å². The number of hydrogen-bond acceptors (Lipinski definition) is 9. The Morgan fingerprint density at radius 1 is 1.23 bits per heavy atom. The van der Waals surface area contributed by atoms with Gasteiger partial charge in [0.25, 0.3) is 5.56 Å². The normalized spacial score (nSPS) is 26.4. The molecule has 2 aromatic carbocycles. The number of aromatic nitrogens is 3. The van der Waals surface area contributed by atoms with E-state index in [1.807, 2.05) is 0 Å². The van der Waals surface area contributed by atoms with Gasteiger partial charge in [-0.3, -0.25) is 9.69 Å². The number of rotatable bonds is 5. The molecule has 6 heterocycles. The topological polar surface area (TPSA) is 120 Å². The minimum atomic E-state index is -0.923. The van der Waals surface area contributed by atoms with E-state index in [2.05, 4.69) is 31.3 Å². The molecule has 226 valence electrons. The molecule has 44 heavy (non-hydrogen) atoms. The molecule has 12 heteroatoms. The highest BCUT2D eigenvalue weighted by Crippen LogP contribution is 2.42. The van der Waals surface area contributed by atoms with Crippen LogP contribution < -0.4 is 20.5 Å². The first kappa shape index (κ1) is 27.6. The molecule has 4 aliphatic heterocycles. The Balaban J connectivity index is 1.31. The zero-order valence-corrected chi connectivity index (χ0v) is 24.7. The lowest BCUT2D eigenvalue weighted by Crippen LogP contribution is -2.51. The zero-order valence-electron chi connectivity index (χ0n) is 24.0. The predicted molar refractivity (Wildman–Crippen MR) is 165 cm³/mol. The molecule has 2 aromatic heterocycles. The summed E-state index contributed by atoms with van der Waals surface area (Å²) in [7, 11) is 0. The van der Waals surface area contributed by atoms with E-state index < -0.39 is 17.3 Å². The lowest BCUT2D eigenvalue weighted by atomic mass is 9.95. The van der Waals surface area contributed by atoms with Gasteiger partial charge in [0.2, 0.25) is 5.88 Å². The first-order valence-corrected chi connectivity index (χ1v) is 15.5. The summed E-state index contributed by atoms with van der Waals surface area (Å²) >= 11 is 6.58. The highest BCUT2D eigenvalue weighted by Gasteiger charge is 2.49. The second kappa shape index (κ2) is 10.3. The lowest BCUT2D eigenvalue weighted by Gasteiger charge is -2.36. The lowest BCUT2D eigenvalue weighted by molar-refractivity contribution is 0.110. The van der Waals surface area contributed by atoms with Gasteiger partial charge >= 0.3 is 0 Å². The number of fused-ring (bicyclic) bond motifs is 5. The van der Waals surface area contributed by atoms with Crippen molar-refractivity contribution in [2.24, 2.45) is 0 Å². The number of halogens is 2. The average molecular weight is 616 g/mol. The van der Waals surface area contributed by atoms with Crippen molar-refractivity contribution >= 4 is 39.0 Å². The largest absolute Gasteiger partial charge is 0.508 e. The number of piperazine rings is 1. The highest BCUT2D eigenvalue weighted by atomic mass is 35.5. The number of ether oxygens (including phenoxy) is 1. The maximum Gasteiger partial charge on any atom is 0.298 e. The van der Waals surface area contributed by atoms with Gasteiger partial charge in [-0.05, 0) is 49.7 Å². The summed E-state index contributed by atoms with van der Waals surface area (Å²) in [6.07, 6.45) is 4.84. The minimum Gasteiger partial charge on any atom is -0.508 e. The molecule has 0 radical (unpaired) electrons. The van der Waals surface area contributed by atoms with Crippen LogP contribution in [-0.2, 0) is 0 Å². The van der Waals surface area contributed by atoms with Gasteiger partial charge in [-0.1, -0.05) is 23.7 Å². The number of nitrogens with zero attached hydrogens (tertiary/aromatic N) is 6. The minimum absolute atomic E-state index is 0.0412. The summed E-state index contributed by atoms with van der Waals surface area (Å²) in [5.41, 5.74) is 0.249. The van der Waals surface area contributed by atoms with Crippen LogP contribution in [0.2, 0.25) is 5.02 Å². The van der Waals surface area contributed by atoms with Crippen molar-refractivity contribution < 1.29 is 14.2 Å². The third-order valence-corrected chi connectivity index (χ3v) is 10.2. The summed E-state index contributed by atoms with van der Waals surface area (Å²) in [6.45, 7) is 2.71. The van der Waals surface area contributed by atoms with Crippen LogP contribution in [0.3, 0.4) is 0 Å². The summed E-state index contributed by atoms with van der Waals surface area (Å²) in [5, 5.41) is 31.3. The fraction of sp³-hybridized carbons (Fsp3) is 0.438. The number of alkyl halides is 1. The number of pyridine rings is 1. The van der Waals surface area contributed by atoms with Crippen LogP contribution >= 0.6 is 11.6 Å². The van der Waals surface area contributed by atoms with Crippen molar-refractivity contribution in [3.63, 3.8) is 0 Å². The third kappa shape index (κ3) is 4.30. The Labute approximate surface area is 257 Å². The molecule has 8 rings (SSSR count). The molecule has 0 saturated carbocycles. The quantitative estimate of drug-likeness (QED) is 0.342. The molecular formula is C32H31ClFN7O3. The van der Waals surface area contributed by atoms with Crippen molar-refractivity contribution in [1.29, 1.82) is 5.26 Å². The van der Waals surface area contributed by atoms with Crippen LogP contribution in [0.25, 0.3) is 27.4 Å². The number of nitriles is 1.